The Morgan fingerprint density at radius 1 is 1.08 bits per heavy atom. The van der Waals surface area contributed by atoms with Crippen LogP contribution < -0.4 is 0 Å². The van der Waals surface area contributed by atoms with Crippen LogP contribution in [0.5, 0.6) is 0 Å². The van der Waals surface area contributed by atoms with Gasteiger partial charge in [0.1, 0.15) is 5.82 Å². The third-order valence-corrected chi connectivity index (χ3v) is 5.03. The molecule has 0 saturated carbocycles. The lowest BCUT2D eigenvalue weighted by Crippen LogP contribution is -2.52. The molecule has 0 spiro atoms. The quantitative estimate of drug-likeness (QED) is 0.795. The summed E-state index contributed by atoms with van der Waals surface area (Å²) in [5.41, 5.74) is 1.29. The SMILES string of the molecule is O=C(Cc1c(Cl)cccc1Cl)N1CCN(Cc2cccc(F)c2)C(=O)C1. The summed E-state index contributed by atoms with van der Waals surface area (Å²) in [6, 6.07) is 11.2. The molecule has 1 aliphatic rings. The Kier molecular flexibility index (Phi) is 5.79. The number of benzene rings is 2. The number of rotatable bonds is 4. The van der Waals surface area contributed by atoms with E-state index in [2.05, 4.69) is 0 Å². The number of amides is 2. The number of piperazine rings is 1. The highest BCUT2D eigenvalue weighted by Gasteiger charge is 2.27. The molecule has 136 valence electrons. The fourth-order valence-electron chi connectivity index (χ4n) is 2.91. The second kappa shape index (κ2) is 8.06. The zero-order valence-electron chi connectivity index (χ0n) is 13.9. The van der Waals surface area contributed by atoms with Crippen molar-refractivity contribution >= 4 is 35.0 Å². The summed E-state index contributed by atoms with van der Waals surface area (Å²) >= 11 is 12.2. The summed E-state index contributed by atoms with van der Waals surface area (Å²) in [4.78, 5) is 28.0. The van der Waals surface area contributed by atoms with Crippen molar-refractivity contribution in [2.75, 3.05) is 19.6 Å². The first-order valence-electron chi connectivity index (χ1n) is 8.17. The van der Waals surface area contributed by atoms with Gasteiger partial charge in [0.05, 0.1) is 13.0 Å². The number of carbonyl (C=O) groups is 2. The topological polar surface area (TPSA) is 40.6 Å². The molecule has 1 aliphatic heterocycles. The van der Waals surface area contributed by atoms with Crippen LogP contribution >= 0.6 is 23.2 Å². The average molecular weight is 395 g/mol. The third kappa shape index (κ3) is 4.34. The normalized spacial score (nSPS) is 14.7. The van der Waals surface area contributed by atoms with E-state index in [-0.39, 0.29) is 30.6 Å². The maximum atomic E-state index is 13.3. The van der Waals surface area contributed by atoms with Crippen LogP contribution in [-0.2, 0) is 22.6 Å². The van der Waals surface area contributed by atoms with Gasteiger partial charge >= 0.3 is 0 Å². The van der Waals surface area contributed by atoms with Crippen molar-refractivity contribution in [3.63, 3.8) is 0 Å². The molecule has 0 aromatic heterocycles. The molecular formula is C19H17Cl2FN2O2. The summed E-state index contributed by atoms with van der Waals surface area (Å²) in [6.45, 7) is 1.14. The van der Waals surface area contributed by atoms with E-state index in [0.29, 0.717) is 35.2 Å². The fraction of sp³-hybridized carbons (Fsp3) is 0.263. The van der Waals surface area contributed by atoms with Crippen molar-refractivity contribution in [3.8, 4) is 0 Å². The van der Waals surface area contributed by atoms with Gasteiger partial charge in [-0.25, -0.2) is 4.39 Å². The predicted molar refractivity (Wildman–Crippen MR) is 98.6 cm³/mol. The van der Waals surface area contributed by atoms with E-state index in [1.54, 1.807) is 35.2 Å². The van der Waals surface area contributed by atoms with Gasteiger partial charge in [0.25, 0.3) is 0 Å². The Bertz CT molecular complexity index is 824. The predicted octanol–water partition coefficient (Wildman–Crippen LogP) is 3.55. The second-order valence-electron chi connectivity index (χ2n) is 6.14. The van der Waals surface area contributed by atoms with Crippen LogP contribution in [0.25, 0.3) is 0 Å². The zero-order valence-corrected chi connectivity index (χ0v) is 15.4. The molecule has 3 rings (SSSR count). The minimum Gasteiger partial charge on any atom is -0.335 e. The number of hydrogen-bond acceptors (Lipinski definition) is 2. The van der Waals surface area contributed by atoms with Crippen molar-refractivity contribution < 1.29 is 14.0 Å². The van der Waals surface area contributed by atoms with Gasteiger partial charge < -0.3 is 9.80 Å². The van der Waals surface area contributed by atoms with Crippen LogP contribution in [0.15, 0.2) is 42.5 Å². The molecular weight excluding hydrogens is 378 g/mol. The van der Waals surface area contributed by atoms with Crippen LogP contribution in [0.4, 0.5) is 4.39 Å². The maximum Gasteiger partial charge on any atom is 0.242 e. The van der Waals surface area contributed by atoms with E-state index < -0.39 is 0 Å². The molecule has 2 amide bonds. The van der Waals surface area contributed by atoms with E-state index in [1.807, 2.05) is 0 Å². The van der Waals surface area contributed by atoms with Gasteiger partial charge in [0.2, 0.25) is 11.8 Å². The Morgan fingerprint density at radius 3 is 2.42 bits per heavy atom. The molecule has 0 unspecified atom stereocenters. The first-order valence-corrected chi connectivity index (χ1v) is 8.92. The van der Waals surface area contributed by atoms with E-state index in [9.17, 15) is 14.0 Å². The molecule has 0 N–H and O–H groups in total. The highest BCUT2D eigenvalue weighted by Crippen LogP contribution is 2.25. The summed E-state index contributed by atoms with van der Waals surface area (Å²) in [7, 11) is 0. The van der Waals surface area contributed by atoms with Crippen molar-refractivity contribution in [1.82, 2.24) is 9.80 Å². The Hall–Kier alpha value is -2.11. The number of carbonyl (C=O) groups excluding carboxylic acids is 2. The van der Waals surface area contributed by atoms with E-state index in [0.717, 1.165) is 5.56 Å². The van der Waals surface area contributed by atoms with Gasteiger partial charge in [-0.3, -0.25) is 9.59 Å². The Morgan fingerprint density at radius 2 is 1.77 bits per heavy atom. The summed E-state index contributed by atoms with van der Waals surface area (Å²) in [5, 5.41) is 0.865. The van der Waals surface area contributed by atoms with Crippen molar-refractivity contribution in [2.24, 2.45) is 0 Å². The molecule has 2 aromatic carbocycles. The molecule has 1 fully saturated rings. The van der Waals surface area contributed by atoms with Crippen molar-refractivity contribution in [2.45, 2.75) is 13.0 Å². The molecule has 7 heteroatoms. The third-order valence-electron chi connectivity index (χ3n) is 4.32. The van der Waals surface area contributed by atoms with Crippen molar-refractivity contribution in [3.05, 3.63) is 69.5 Å². The van der Waals surface area contributed by atoms with Gasteiger partial charge in [0, 0.05) is 29.7 Å². The monoisotopic (exact) mass is 394 g/mol. The molecule has 0 bridgehead atoms. The van der Waals surface area contributed by atoms with Gasteiger partial charge in [-0.1, -0.05) is 41.4 Å². The molecule has 1 heterocycles. The first-order chi connectivity index (χ1) is 12.4. The molecule has 0 atom stereocenters. The number of nitrogens with zero attached hydrogens (tertiary/aromatic N) is 2. The number of halogens is 3. The molecule has 26 heavy (non-hydrogen) atoms. The van der Waals surface area contributed by atoms with Gasteiger partial charge in [0.15, 0.2) is 0 Å². The van der Waals surface area contributed by atoms with Crippen LogP contribution in [0.3, 0.4) is 0 Å². The lowest BCUT2D eigenvalue weighted by atomic mass is 10.1. The molecule has 2 aromatic rings. The molecule has 0 aliphatic carbocycles. The second-order valence-corrected chi connectivity index (χ2v) is 6.95. The largest absolute Gasteiger partial charge is 0.335 e. The Labute approximate surface area is 161 Å². The average Bonchev–Trinajstić information content (AvgIpc) is 2.60. The summed E-state index contributed by atoms with van der Waals surface area (Å²) < 4.78 is 13.3. The minimum atomic E-state index is -0.333. The molecule has 0 radical (unpaired) electrons. The lowest BCUT2D eigenvalue weighted by molar-refractivity contribution is -0.145. The minimum absolute atomic E-state index is 0.00375. The molecule has 1 saturated heterocycles. The van der Waals surface area contributed by atoms with Crippen molar-refractivity contribution in [1.29, 1.82) is 0 Å². The number of hydrogen-bond donors (Lipinski definition) is 0. The van der Waals surface area contributed by atoms with Crippen LogP contribution in [-0.4, -0.2) is 41.2 Å². The van der Waals surface area contributed by atoms with E-state index in [1.165, 1.54) is 17.0 Å². The van der Waals surface area contributed by atoms with E-state index >= 15 is 0 Å². The zero-order chi connectivity index (χ0) is 18.7. The van der Waals surface area contributed by atoms with Gasteiger partial charge in [-0.05, 0) is 35.4 Å². The van der Waals surface area contributed by atoms with Gasteiger partial charge in [-0.2, -0.15) is 0 Å². The maximum absolute atomic E-state index is 13.3. The smallest absolute Gasteiger partial charge is 0.242 e. The fourth-order valence-corrected chi connectivity index (χ4v) is 3.44. The summed E-state index contributed by atoms with van der Waals surface area (Å²) in [6.07, 6.45) is 0.0513. The first kappa shape index (κ1) is 18.7. The highest BCUT2D eigenvalue weighted by atomic mass is 35.5. The Balaban J connectivity index is 1.61. The molecule has 4 nitrogen and oxygen atoms in total. The van der Waals surface area contributed by atoms with Crippen LogP contribution in [0.2, 0.25) is 10.0 Å². The van der Waals surface area contributed by atoms with Crippen LogP contribution in [0, 0.1) is 5.82 Å². The van der Waals surface area contributed by atoms with Crippen LogP contribution in [0.1, 0.15) is 11.1 Å². The lowest BCUT2D eigenvalue weighted by Gasteiger charge is -2.34. The highest BCUT2D eigenvalue weighted by molar-refractivity contribution is 6.36. The summed E-state index contributed by atoms with van der Waals surface area (Å²) in [5.74, 6) is -0.696. The van der Waals surface area contributed by atoms with E-state index in [4.69, 9.17) is 23.2 Å². The standard InChI is InChI=1S/C19H17Cl2FN2O2/c20-16-5-2-6-17(21)15(16)10-18(25)24-8-7-23(19(26)12-24)11-13-3-1-4-14(22)9-13/h1-6,9H,7-8,10-12H2. The van der Waals surface area contributed by atoms with Gasteiger partial charge in [-0.15, -0.1) is 0 Å².